The van der Waals surface area contributed by atoms with Gasteiger partial charge in [-0.15, -0.1) is 11.8 Å². The summed E-state index contributed by atoms with van der Waals surface area (Å²) in [7, 11) is 0. The second-order valence-electron chi connectivity index (χ2n) is 3.76. The van der Waals surface area contributed by atoms with E-state index in [1.807, 2.05) is 38.1 Å². The highest BCUT2D eigenvalue weighted by Gasteiger charge is 2.16. The SMILES string of the molecule is CCCNC(=O)[C@H](CC)Sc1ccc(Cl)cc1. The molecular formula is C13H18ClNOS. The molecule has 1 aromatic rings. The number of rotatable bonds is 6. The molecule has 1 N–H and O–H groups in total. The zero-order valence-electron chi connectivity index (χ0n) is 10.2. The maximum absolute atomic E-state index is 11.8. The molecule has 0 saturated carbocycles. The molecule has 0 aliphatic rings. The smallest absolute Gasteiger partial charge is 0.233 e. The molecule has 4 heteroatoms. The number of benzene rings is 1. The predicted octanol–water partition coefficient (Wildman–Crippen LogP) is 3.74. The van der Waals surface area contributed by atoms with Gasteiger partial charge in [0.1, 0.15) is 0 Å². The lowest BCUT2D eigenvalue weighted by Crippen LogP contribution is -2.32. The summed E-state index contributed by atoms with van der Waals surface area (Å²) >= 11 is 7.41. The number of hydrogen-bond acceptors (Lipinski definition) is 2. The van der Waals surface area contributed by atoms with Crippen molar-refractivity contribution in [1.29, 1.82) is 0 Å². The van der Waals surface area contributed by atoms with Crippen molar-refractivity contribution < 1.29 is 4.79 Å². The molecule has 0 aromatic heterocycles. The van der Waals surface area contributed by atoms with Gasteiger partial charge < -0.3 is 5.32 Å². The highest BCUT2D eigenvalue weighted by atomic mass is 35.5. The van der Waals surface area contributed by atoms with Gasteiger partial charge in [-0.25, -0.2) is 0 Å². The van der Waals surface area contributed by atoms with E-state index in [1.165, 1.54) is 0 Å². The lowest BCUT2D eigenvalue weighted by molar-refractivity contribution is -0.120. The van der Waals surface area contributed by atoms with Gasteiger partial charge in [0, 0.05) is 16.5 Å². The topological polar surface area (TPSA) is 29.1 Å². The van der Waals surface area contributed by atoms with Crippen LogP contribution < -0.4 is 5.32 Å². The normalized spacial score (nSPS) is 12.2. The molecule has 1 aromatic carbocycles. The minimum atomic E-state index is -0.0253. The van der Waals surface area contributed by atoms with Gasteiger partial charge in [0.25, 0.3) is 0 Å². The highest BCUT2D eigenvalue weighted by Crippen LogP contribution is 2.26. The second kappa shape index (κ2) is 7.62. The summed E-state index contributed by atoms with van der Waals surface area (Å²) < 4.78 is 0. The van der Waals surface area contributed by atoms with E-state index in [1.54, 1.807) is 11.8 Å². The maximum Gasteiger partial charge on any atom is 0.233 e. The van der Waals surface area contributed by atoms with Crippen molar-refractivity contribution in [2.45, 2.75) is 36.8 Å². The quantitative estimate of drug-likeness (QED) is 0.799. The molecule has 0 heterocycles. The van der Waals surface area contributed by atoms with E-state index in [-0.39, 0.29) is 11.2 Å². The molecule has 17 heavy (non-hydrogen) atoms. The number of carbonyl (C=O) groups excluding carboxylic acids is 1. The van der Waals surface area contributed by atoms with Crippen LogP contribution in [-0.2, 0) is 4.79 Å². The van der Waals surface area contributed by atoms with Gasteiger partial charge in [0.05, 0.1) is 5.25 Å². The minimum Gasteiger partial charge on any atom is -0.355 e. The van der Waals surface area contributed by atoms with Crippen LogP contribution in [0.3, 0.4) is 0 Å². The van der Waals surface area contributed by atoms with Crippen LogP contribution in [-0.4, -0.2) is 17.7 Å². The molecule has 2 nitrogen and oxygen atoms in total. The highest BCUT2D eigenvalue weighted by molar-refractivity contribution is 8.00. The summed E-state index contributed by atoms with van der Waals surface area (Å²) in [6.07, 6.45) is 1.79. The van der Waals surface area contributed by atoms with Crippen LogP contribution in [0.15, 0.2) is 29.2 Å². The molecule has 94 valence electrons. The molecule has 0 radical (unpaired) electrons. The summed E-state index contributed by atoms with van der Waals surface area (Å²) in [5.74, 6) is 0.120. The van der Waals surface area contributed by atoms with Crippen molar-refractivity contribution >= 4 is 29.3 Å². The predicted molar refractivity (Wildman–Crippen MR) is 74.7 cm³/mol. The first-order chi connectivity index (χ1) is 8.17. The van der Waals surface area contributed by atoms with Crippen LogP contribution in [0.5, 0.6) is 0 Å². The number of thioether (sulfide) groups is 1. The molecule has 0 saturated heterocycles. The van der Waals surface area contributed by atoms with Crippen molar-refractivity contribution in [1.82, 2.24) is 5.32 Å². The Morgan fingerprint density at radius 1 is 1.35 bits per heavy atom. The number of carbonyl (C=O) groups is 1. The third kappa shape index (κ3) is 5.00. The summed E-state index contributed by atoms with van der Waals surface area (Å²) in [6.45, 7) is 4.82. The maximum atomic E-state index is 11.8. The number of hydrogen-bond donors (Lipinski definition) is 1. The minimum absolute atomic E-state index is 0.0253. The summed E-state index contributed by atoms with van der Waals surface area (Å²) in [5, 5.41) is 3.62. The van der Waals surface area contributed by atoms with Crippen LogP contribution >= 0.6 is 23.4 Å². The zero-order valence-corrected chi connectivity index (χ0v) is 11.8. The Balaban J connectivity index is 2.57. The fourth-order valence-electron chi connectivity index (χ4n) is 1.36. The zero-order chi connectivity index (χ0) is 12.7. The number of nitrogens with one attached hydrogen (secondary N) is 1. The van der Waals surface area contributed by atoms with Gasteiger partial charge in [-0.1, -0.05) is 25.4 Å². The van der Waals surface area contributed by atoms with E-state index in [4.69, 9.17) is 11.6 Å². The first-order valence-corrected chi connectivity index (χ1v) is 7.13. The lowest BCUT2D eigenvalue weighted by atomic mass is 10.3. The van der Waals surface area contributed by atoms with Crippen molar-refractivity contribution in [3.05, 3.63) is 29.3 Å². The van der Waals surface area contributed by atoms with Gasteiger partial charge in [0.2, 0.25) is 5.91 Å². The summed E-state index contributed by atoms with van der Waals surface area (Å²) in [5.41, 5.74) is 0. The Labute approximate surface area is 112 Å². The molecular weight excluding hydrogens is 254 g/mol. The molecule has 0 fully saturated rings. The van der Waals surface area contributed by atoms with Crippen LogP contribution in [0.4, 0.5) is 0 Å². The van der Waals surface area contributed by atoms with E-state index in [2.05, 4.69) is 5.32 Å². The Bertz CT molecular complexity index is 353. The Morgan fingerprint density at radius 2 is 2.00 bits per heavy atom. The standard InChI is InChI=1S/C13H18ClNOS/c1-3-9-15-13(16)12(4-2)17-11-7-5-10(14)6-8-11/h5-8,12H,3-4,9H2,1-2H3,(H,15,16)/t12-/m0/s1. The summed E-state index contributed by atoms with van der Waals surface area (Å²) in [6, 6.07) is 7.59. The summed E-state index contributed by atoms with van der Waals surface area (Å²) in [4.78, 5) is 12.9. The van der Waals surface area contributed by atoms with Gasteiger partial charge in [-0.2, -0.15) is 0 Å². The van der Waals surface area contributed by atoms with Crippen molar-refractivity contribution in [3.63, 3.8) is 0 Å². The Morgan fingerprint density at radius 3 is 2.53 bits per heavy atom. The molecule has 0 aliphatic heterocycles. The molecule has 0 spiro atoms. The molecule has 1 rings (SSSR count). The monoisotopic (exact) mass is 271 g/mol. The van der Waals surface area contributed by atoms with Gasteiger partial charge in [-0.05, 0) is 37.1 Å². The van der Waals surface area contributed by atoms with E-state index in [0.29, 0.717) is 0 Å². The van der Waals surface area contributed by atoms with Crippen molar-refractivity contribution in [3.8, 4) is 0 Å². The van der Waals surface area contributed by atoms with Crippen molar-refractivity contribution in [2.75, 3.05) is 6.54 Å². The fourth-order valence-corrected chi connectivity index (χ4v) is 2.47. The largest absolute Gasteiger partial charge is 0.355 e. The molecule has 0 unspecified atom stereocenters. The average molecular weight is 272 g/mol. The van der Waals surface area contributed by atoms with Gasteiger partial charge in [-0.3, -0.25) is 4.79 Å². The number of halogens is 1. The van der Waals surface area contributed by atoms with Gasteiger partial charge >= 0.3 is 0 Å². The molecule has 1 atom stereocenters. The van der Waals surface area contributed by atoms with Crippen LogP contribution in [0, 0.1) is 0 Å². The Hall–Kier alpha value is -0.670. The number of amides is 1. The lowest BCUT2D eigenvalue weighted by Gasteiger charge is -2.14. The average Bonchev–Trinajstić information content (AvgIpc) is 2.35. The Kier molecular flexibility index (Phi) is 6.45. The van der Waals surface area contributed by atoms with Crippen LogP contribution in [0.25, 0.3) is 0 Å². The third-order valence-corrected chi connectivity index (χ3v) is 3.93. The molecule has 0 aliphatic carbocycles. The third-order valence-electron chi connectivity index (χ3n) is 2.30. The van der Waals surface area contributed by atoms with E-state index in [0.717, 1.165) is 29.3 Å². The van der Waals surface area contributed by atoms with E-state index in [9.17, 15) is 4.79 Å². The first kappa shape index (κ1) is 14.4. The molecule has 0 bridgehead atoms. The van der Waals surface area contributed by atoms with Gasteiger partial charge in [0.15, 0.2) is 0 Å². The van der Waals surface area contributed by atoms with E-state index >= 15 is 0 Å². The first-order valence-electron chi connectivity index (χ1n) is 5.87. The molecule has 1 amide bonds. The van der Waals surface area contributed by atoms with E-state index < -0.39 is 0 Å². The van der Waals surface area contributed by atoms with Crippen LogP contribution in [0.2, 0.25) is 5.02 Å². The fraction of sp³-hybridized carbons (Fsp3) is 0.462. The second-order valence-corrected chi connectivity index (χ2v) is 5.47. The van der Waals surface area contributed by atoms with Crippen molar-refractivity contribution in [2.24, 2.45) is 0 Å². The van der Waals surface area contributed by atoms with Crippen LogP contribution in [0.1, 0.15) is 26.7 Å².